The van der Waals surface area contributed by atoms with Crippen LogP contribution in [0.3, 0.4) is 0 Å². The van der Waals surface area contributed by atoms with Gasteiger partial charge in [-0.1, -0.05) is 74.5 Å². The number of benzene rings is 2. The van der Waals surface area contributed by atoms with E-state index in [4.69, 9.17) is 9.57 Å². The molecule has 0 unspecified atom stereocenters. The highest BCUT2D eigenvalue weighted by Crippen LogP contribution is 2.22. The van der Waals surface area contributed by atoms with Crippen molar-refractivity contribution in [3.05, 3.63) is 88.0 Å². The summed E-state index contributed by atoms with van der Waals surface area (Å²) in [6.07, 6.45) is 4.23. The van der Waals surface area contributed by atoms with E-state index in [-0.39, 0.29) is 30.9 Å². The number of aryl methyl sites for hydroxylation is 1. The molecule has 10 heteroatoms. The molecule has 2 atom stereocenters. The van der Waals surface area contributed by atoms with Crippen molar-refractivity contribution in [1.82, 2.24) is 15.1 Å². The summed E-state index contributed by atoms with van der Waals surface area (Å²) in [7, 11) is 0. The fourth-order valence-corrected chi connectivity index (χ4v) is 5.04. The Kier molecular flexibility index (Phi) is 11.4. The van der Waals surface area contributed by atoms with Gasteiger partial charge in [0, 0.05) is 25.9 Å². The largest absolute Gasteiger partial charge is 0.492 e. The van der Waals surface area contributed by atoms with E-state index in [0.29, 0.717) is 32.3 Å². The number of aromatic hydroxyl groups is 1. The van der Waals surface area contributed by atoms with Crippen molar-refractivity contribution in [1.29, 1.82) is 0 Å². The van der Waals surface area contributed by atoms with Crippen molar-refractivity contribution >= 4 is 11.8 Å². The normalized spacial score (nSPS) is 15.8. The van der Waals surface area contributed by atoms with Gasteiger partial charge in [0.25, 0.3) is 5.91 Å². The molecule has 2 heterocycles. The fourth-order valence-electron chi connectivity index (χ4n) is 5.04. The number of H-pyrrole nitrogens is 1. The highest BCUT2D eigenvalue weighted by molar-refractivity contribution is 5.95. The molecule has 0 radical (unpaired) electrons. The van der Waals surface area contributed by atoms with Crippen LogP contribution in [0, 0.1) is 5.92 Å². The van der Waals surface area contributed by atoms with E-state index < -0.39 is 35.7 Å². The molecule has 0 aliphatic carbocycles. The summed E-state index contributed by atoms with van der Waals surface area (Å²) in [4.78, 5) is 49.1. The molecule has 1 aliphatic rings. The van der Waals surface area contributed by atoms with Gasteiger partial charge in [-0.25, -0.2) is 20.1 Å². The molecule has 1 fully saturated rings. The Morgan fingerprint density at radius 3 is 2.40 bits per heavy atom. The van der Waals surface area contributed by atoms with Gasteiger partial charge in [-0.3, -0.25) is 9.59 Å². The molecule has 1 saturated heterocycles. The van der Waals surface area contributed by atoms with Gasteiger partial charge in [-0.2, -0.15) is 4.68 Å². The van der Waals surface area contributed by atoms with Gasteiger partial charge in [-0.15, -0.1) is 0 Å². The topological polar surface area (TPSA) is 126 Å². The average Bonchev–Trinajstić information content (AvgIpc) is 3.27. The summed E-state index contributed by atoms with van der Waals surface area (Å²) >= 11 is 0. The molecule has 2 aromatic carbocycles. The lowest BCUT2D eigenvalue weighted by atomic mass is 10.0. The minimum Gasteiger partial charge on any atom is -0.492 e. The zero-order chi connectivity index (χ0) is 29.9. The van der Waals surface area contributed by atoms with Crippen LogP contribution >= 0.6 is 0 Å². The maximum Gasteiger partial charge on any atom is 0.348 e. The predicted molar refractivity (Wildman–Crippen MR) is 159 cm³/mol. The lowest BCUT2D eigenvalue weighted by Crippen LogP contribution is -2.57. The van der Waals surface area contributed by atoms with Crippen molar-refractivity contribution < 1.29 is 24.3 Å². The van der Waals surface area contributed by atoms with Crippen LogP contribution in [0.5, 0.6) is 5.88 Å². The molecular weight excluding hydrogens is 536 g/mol. The van der Waals surface area contributed by atoms with Crippen LogP contribution in [0.4, 0.5) is 0 Å². The lowest BCUT2D eigenvalue weighted by molar-refractivity contribution is -0.201. The first-order chi connectivity index (χ1) is 20.3. The molecule has 0 saturated carbocycles. The lowest BCUT2D eigenvalue weighted by Gasteiger charge is -2.32. The van der Waals surface area contributed by atoms with Crippen LogP contribution in [0.2, 0.25) is 0 Å². The highest BCUT2D eigenvalue weighted by atomic mass is 16.8. The molecule has 1 aliphatic heterocycles. The number of ether oxygens (including phenoxy) is 1. The summed E-state index contributed by atoms with van der Waals surface area (Å²) in [6.45, 7) is 4.53. The number of hydroxylamine groups is 1. The molecule has 0 spiro atoms. The molecule has 4 rings (SSSR count). The number of amides is 2. The molecule has 10 nitrogen and oxygen atoms in total. The smallest absolute Gasteiger partial charge is 0.348 e. The van der Waals surface area contributed by atoms with Gasteiger partial charge < -0.3 is 14.8 Å². The molecular formula is C32H42N4O6. The number of hydrogen-bond donors (Lipinski definition) is 3. The summed E-state index contributed by atoms with van der Waals surface area (Å²) in [5.41, 5.74) is 4.01. The van der Waals surface area contributed by atoms with E-state index in [1.54, 1.807) is 0 Å². The van der Waals surface area contributed by atoms with Crippen molar-refractivity contribution in [2.24, 2.45) is 5.92 Å². The minimum absolute atomic E-state index is 0.0950. The number of nitrogens with zero attached hydrogens (tertiary/aromatic N) is 2. The van der Waals surface area contributed by atoms with E-state index in [0.717, 1.165) is 33.7 Å². The molecule has 0 bridgehead atoms. The number of carbonyl (C=O) groups is 2. The van der Waals surface area contributed by atoms with E-state index in [9.17, 15) is 19.5 Å². The van der Waals surface area contributed by atoms with E-state index in [1.807, 2.05) is 74.5 Å². The van der Waals surface area contributed by atoms with Gasteiger partial charge >= 0.3 is 5.69 Å². The zero-order valence-electron chi connectivity index (χ0n) is 24.5. The van der Waals surface area contributed by atoms with Crippen molar-refractivity contribution in [2.45, 2.75) is 84.0 Å². The second kappa shape index (κ2) is 15.4. The second-order valence-electron chi connectivity index (χ2n) is 11.2. The number of hydrogen-bond acceptors (Lipinski definition) is 6. The Labute approximate surface area is 246 Å². The third-order valence-corrected chi connectivity index (χ3v) is 7.36. The van der Waals surface area contributed by atoms with E-state index in [1.165, 1.54) is 0 Å². The third kappa shape index (κ3) is 8.56. The number of rotatable bonds is 14. The molecule has 226 valence electrons. The average molecular weight is 579 g/mol. The monoisotopic (exact) mass is 578 g/mol. The first kappa shape index (κ1) is 31.1. The Morgan fingerprint density at radius 2 is 1.76 bits per heavy atom. The molecule has 3 N–H and O–H groups in total. The van der Waals surface area contributed by atoms with E-state index in [2.05, 4.69) is 10.5 Å². The van der Waals surface area contributed by atoms with Crippen LogP contribution in [0.1, 0.15) is 75.6 Å². The maximum atomic E-state index is 13.8. The number of aromatic nitrogens is 2. The first-order valence-corrected chi connectivity index (χ1v) is 14.8. The van der Waals surface area contributed by atoms with Crippen molar-refractivity contribution in [3.63, 3.8) is 0 Å². The van der Waals surface area contributed by atoms with Crippen LogP contribution in [-0.4, -0.2) is 45.5 Å². The third-order valence-electron chi connectivity index (χ3n) is 7.36. The van der Waals surface area contributed by atoms with Crippen LogP contribution in [-0.2, 0) is 32.0 Å². The van der Waals surface area contributed by atoms with Crippen LogP contribution < -0.4 is 16.2 Å². The number of nitrogens with one attached hydrogen (secondary N) is 2. The molecule has 1 aromatic heterocycles. The second-order valence-corrected chi connectivity index (χ2v) is 11.2. The summed E-state index contributed by atoms with van der Waals surface area (Å²) < 4.78 is 6.49. The summed E-state index contributed by atoms with van der Waals surface area (Å²) in [6, 6.07) is 18.1. The molecule has 2 amide bonds. The van der Waals surface area contributed by atoms with Crippen molar-refractivity contribution in [3.8, 4) is 5.88 Å². The minimum atomic E-state index is -1.12. The SMILES string of the molecule is CC(C)CCC(=O)N([C@@H](CCCc1ccccc1)C(=O)NO[C@@H]1CCCCO1)n1c(O)c(Cc2ccccc2)[nH]c1=O. The molecule has 3 aromatic rings. The van der Waals surface area contributed by atoms with Gasteiger partial charge in [-0.05, 0) is 55.6 Å². The fraction of sp³-hybridized carbons (Fsp3) is 0.469. The number of aromatic amines is 1. The highest BCUT2D eigenvalue weighted by Gasteiger charge is 2.35. The van der Waals surface area contributed by atoms with Gasteiger partial charge in [0.15, 0.2) is 6.29 Å². The zero-order valence-corrected chi connectivity index (χ0v) is 24.5. The standard InChI is InChI=1S/C32H42N4O6/c1-23(2)19-20-28(37)35(36-31(39)26(33-32(36)40)22-25-14-7-4-8-15-25)27(17-11-16-24-12-5-3-6-13-24)30(38)34-42-29-18-9-10-21-41-29/h3-8,12-15,23,27,29,39H,9-11,16-22H2,1-2H3,(H,33,40)(H,34,38)/t27-,29+/m0/s1. The first-order valence-electron chi connectivity index (χ1n) is 14.8. The van der Waals surface area contributed by atoms with E-state index >= 15 is 0 Å². The van der Waals surface area contributed by atoms with Gasteiger partial charge in [0.2, 0.25) is 11.8 Å². The van der Waals surface area contributed by atoms with Crippen LogP contribution in [0.15, 0.2) is 65.5 Å². The van der Waals surface area contributed by atoms with Crippen molar-refractivity contribution in [2.75, 3.05) is 11.6 Å². The van der Waals surface area contributed by atoms with Gasteiger partial charge in [0.05, 0.1) is 5.69 Å². The van der Waals surface area contributed by atoms with Crippen LogP contribution in [0.25, 0.3) is 0 Å². The number of carbonyl (C=O) groups excluding carboxylic acids is 2. The Bertz CT molecular complexity index is 1330. The Balaban J connectivity index is 1.65. The summed E-state index contributed by atoms with van der Waals surface area (Å²) in [5, 5.41) is 12.4. The summed E-state index contributed by atoms with van der Waals surface area (Å²) in [5.74, 6) is -1.22. The predicted octanol–water partition coefficient (Wildman–Crippen LogP) is 4.34. The quantitative estimate of drug-likeness (QED) is 0.245. The Hall–Kier alpha value is -3.89. The Morgan fingerprint density at radius 1 is 1.07 bits per heavy atom. The maximum absolute atomic E-state index is 13.8. The number of imidazole rings is 1. The van der Waals surface area contributed by atoms with Gasteiger partial charge in [0.1, 0.15) is 6.04 Å². The molecule has 42 heavy (non-hydrogen) atoms.